The fourth-order valence-electron chi connectivity index (χ4n) is 1.80. The summed E-state index contributed by atoms with van der Waals surface area (Å²) in [4.78, 5) is 26.9. The zero-order valence-electron chi connectivity index (χ0n) is 12.4. The van der Waals surface area contributed by atoms with Gasteiger partial charge in [0, 0.05) is 23.9 Å². The molecule has 1 aromatic heterocycles. The Hall–Kier alpha value is -1.90. The molecule has 8 heteroatoms. The summed E-state index contributed by atoms with van der Waals surface area (Å²) >= 11 is 2.68. The molecule has 0 aliphatic heterocycles. The third-order valence-electron chi connectivity index (χ3n) is 2.73. The highest BCUT2D eigenvalue weighted by Crippen LogP contribution is 2.18. The first-order valence-corrected chi connectivity index (χ1v) is 8.75. The summed E-state index contributed by atoms with van der Waals surface area (Å²) in [6.07, 6.45) is 0. The van der Waals surface area contributed by atoms with Crippen LogP contribution < -0.4 is 5.32 Å². The van der Waals surface area contributed by atoms with Crippen molar-refractivity contribution in [2.45, 2.75) is 12.4 Å². The Morgan fingerprint density at radius 1 is 1.43 bits per heavy atom. The van der Waals surface area contributed by atoms with Crippen LogP contribution in [0.15, 0.2) is 29.6 Å². The quantitative estimate of drug-likeness (QED) is 0.759. The molecular weight excluding hydrogens is 336 g/mol. The lowest BCUT2D eigenvalue weighted by Gasteiger charge is -2.06. The molecule has 0 saturated carbocycles. The maximum Gasteiger partial charge on any atom is 0.313 e. The van der Waals surface area contributed by atoms with E-state index in [9.17, 15) is 9.59 Å². The summed E-state index contributed by atoms with van der Waals surface area (Å²) in [7, 11) is 1.58. The minimum absolute atomic E-state index is 0.0533. The molecule has 1 heterocycles. The number of benzene rings is 1. The number of aromatic nitrogens is 1. The van der Waals surface area contributed by atoms with E-state index in [4.69, 9.17) is 9.84 Å². The van der Waals surface area contributed by atoms with Crippen LogP contribution in [0, 0.1) is 0 Å². The summed E-state index contributed by atoms with van der Waals surface area (Å²) in [5, 5.41) is 13.9. The average Bonchev–Trinajstić information content (AvgIpc) is 2.96. The lowest BCUT2D eigenvalue weighted by atomic mass is 10.2. The van der Waals surface area contributed by atoms with Crippen molar-refractivity contribution in [1.82, 2.24) is 4.98 Å². The van der Waals surface area contributed by atoms with Gasteiger partial charge in [-0.05, 0) is 17.7 Å². The number of carbonyl (C=O) groups excluding carboxylic acids is 1. The number of thiazole rings is 1. The van der Waals surface area contributed by atoms with E-state index in [2.05, 4.69) is 10.3 Å². The van der Waals surface area contributed by atoms with E-state index in [1.54, 1.807) is 18.6 Å². The van der Waals surface area contributed by atoms with E-state index in [1.165, 1.54) is 23.1 Å². The second kappa shape index (κ2) is 8.66. The van der Waals surface area contributed by atoms with Gasteiger partial charge < -0.3 is 15.2 Å². The van der Waals surface area contributed by atoms with Gasteiger partial charge in [0.05, 0.1) is 12.4 Å². The molecule has 0 fully saturated rings. The first kappa shape index (κ1) is 17.5. The summed E-state index contributed by atoms with van der Waals surface area (Å²) < 4.78 is 4.98. The molecule has 0 bridgehead atoms. The molecule has 0 atom stereocenters. The normalized spacial score (nSPS) is 10.5. The van der Waals surface area contributed by atoms with Gasteiger partial charge in [-0.3, -0.25) is 9.59 Å². The van der Waals surface area contributed by atoms with Gasteiger partial charge in [-0.15, -0.1) is 23.1 Å². The first-order valence-electron chi connectivity index (χ1n) is 6.71. The summed E-state index contributed by atoms with van der Waals surface area (Å²) in [5.41, 5.74) is 1.96. The monoisotopic (exact) mass is 352 g/mol. The van der Waals surface area contributed by atoms with Crippen molar-refractivity contribution in [3.63, 3.8) is 0 Å². The number of hydrogen-bond donors (Lipinski definition) is 2. The predicted octanol–water partition coefficient (Wildman–Crippen LogP) is 2.86. The lowest BCUT2D eigenvalue weighted by Crippen LogP contribution is -2.12. The average molecular weight is 352 g/mol. The number of carbonyl (C=O) groups is 2. The third-order valence-corrected chi connectivity index (χ3v) is 4.54. The van der Waals surface area contributed by atoms with Crippen LogP contribution in [0.5, 0.6) is 0 Å². The molecule has 0 unspecified atom stereocenters. The van der Waals surface area contributed by atoms with E-state index in [1.807, 2.05) is 18.2 Å². The van der Waals surface area contributed by atoms with Crippen LogP contribution in [-0.2, 0) is 21.9 Å². The van der Waals surface area contributed by atoms with Crippen LogP contribution in [0.25, 0.3) is 0 Å². The molecule has 23 heavy (non-hydrogen) atoms. The largest absolute Gasteiger partial charge is 0.481 e. The molecule has 1 amide bonds. The van der Waals surface area contributed by atoms with E-state index in [0.29, 0.717) is 23.7 Å². The van der Waals surface area contributed by atoms with Crippen LogP contribution in [-0.4, -0.2) is 34.8 Å². The van der Waals surface area contributed by atoms with Crippen molar-refractivity contribution in [3.05, 3.63) is 45.9 Å². The zero-order valence-corrected chi connectivity index (χ0v) is 14.1. The molecule has 0 saturated heterocycles. The van der Waals surface area contributed by atoms with Crippen molar-refractivity contribution in [1.29, 1.82) is 0 Å². The lowest BCUT2D eigenvalue weighted by molar-refractivity contribution is -0.133. The van der Waals surface area contributed by atoms with Gasteiger partial charge in [-0.25, -0.2) is 4.98 Å². The minimum Gasteiger partial charge on any atom is -0.481 e. The van der Waals surface area contributed by atoms with Crippen molar-refractivity contribution in [3.8, 4) is 0 Å². The Morgan fingerprint density at radius 3 is 3.00 bits per heavy atom. The van der Waals surface area contributed by atoms with Crippen LogP contribution in [0.2, 0.25) is 0 Å². The van der Waals surface area contributed by atoms with Crippen molar-refractivity contribution < 1.29 is 19.4 Å². The summed E-state index contributed by atoms with van der Waals surface area (Å²) in [5.74, 6) is -0.489. The third kappa shape index (κ3) is 5.66. The Kier molecular flexibility index (Phi) is 6.57. The van der Waals surface area contributed by atoms with Crippen LogP contribution in [0.1, 0.15) is 21.1 Å². The summed E-state index contributed by atoms with van der Waals surface area (Å²) in [6, 6.07) is 7.33. The van der Waals surface area contributed by atoms with Gasteiger partial charge >= 0.3 is 5.97 Å². The number of amides is 1. The van der Waals surface area contributed by atoms with Gasteiger partial charge in [0.1, 0.15) is 10.7 Å². The second-order valence-electron chi connectivity index (χ2n) is 4.60. The minimum atomic E-state index is -0.838. The molecule has 0 aliphatic carbocycles. The molecule has 2 aromatic rings. The molecule has 1 aromatic carbocycles. The zero-order chi connectivity index (χ0) is 16.7. The molecule has 122 valence electrons. The smallest absolute Gasteiger partial charge is 0.313 e. The van der Waals surface area contributed by atoms with E-state index >= 15 is 0 Å². The molecular formula is C15H16N2O4S2. The fourth-order valence-corrected chi connectivity index (χ4v) is 3.23. The van der Waals surface area contributed by atoms with Crippen LogP contribution in [0.3, 0.4) is 0 Å². The SMILES string of the molecule is COCc1nc(C(=O)Nc2cccc(CSCC(=O)O)c2)cs1. The van der Waals surface area contributed by atoms with Crippen molar-refractivity contribution in [2.75, 3.05) is 18.2 Å². The Morgan fingerprint density at radius 2 is 2.26 bits per heavy atom. The van der Waals surface area contributed by atoms with Crippen LogP contribution >= 0.6 is 23.1 Å². The molecule has 0 spiro atoms. The number of nitrogens with one attached hydrogen (secondary N) is 1. The molecule has 2 N–H and O–H groups in total. The van der Waals surface area contributed by atoms with E-state index < -0.39 is 5.97 Å². The highest BCUT2D eigenvalue weighted by molar-refractivity contribution is 7.99. The van der Waals surface area contributed by atoms with E-state index in [0.717, 1.165) is 10.6 Å². The molecule has 0 radical (unpaired) electrons. The second-order valence-corrected chi connectivity index (χ2v) is 6.53. The van der Waals surface area contributed by atoms with Gasteiger partial charge in [-0.2, -0.15) is 0 Å². The molecule has 6 nitrogen and oxygen atoms in total. The number of carboxylic acid groups (broad SMARTS) is 1. The predicted molar refractivity (Wildman–Crippen MR) is 91.0 cm³/mol. The number of rotatable bonds is 8. The molecule has 2 rings (SSSR count). The highest BCUT2D eigenvalue weighted by Gasteiger charge is 2.11. The van der Waals surface area contributed by atoms with Crippen molar-refractivity contribution in [2.24, 2.45) is 0 Å². The highest BCUT2D eigenvalue weighted by atomic mass is 32.2. The van der Waals surface area contributed by atoms with Crippen LogP contribution in [0.4, 0.5) is 5.69 Å². The number of hydrogen-bond acceptors (Lipinski definition) is 6. The number of anilines is 1. The standard InChI is InChI=1S/C15H16N2O4S2/c1-21-6-13-17-12(8-23-13)15(20)16-11-4-2-3-10(5-11)7-22-9-14(18)19/h2-5,8H,6-7,9H2,1H3,(H,16,20)(H,18,19). The maximum atomic E-state index is 12.2. The first-order chi connectivity index (χ1) is 11.1. The van der Waals surface area contributed by atoms with Crippen molar-refractivity contribution >= 4 is 40.7 Å². The summed E-state index contributed by atoms with van der Waals surface area (Å²) in [6.45, 7) is 0.383. The number of nitrogens with zero attached hydrogens (tertiary/aromatic N) is 1. The number of aliphatic carboxylic acids is 1. The number of carboxylic acids is 1. The number of methoxy groups -OCH3 is 1. The fraction of sp³-hybridized carbons (Fsp3) is 0.267. The Balaban J connectivity index is 1.95. The van der Waals surface area contributed by atoms with E-state index in [-0.39, 0.29) is 11.7 Å². The Bertz CT molecular complexity index is 688. The number of ether oxygens (including phenoxy) is 1. The maximum absolute atomic E-state index is 12.2. The van der Waals surface area contributed by atoms with Gasteiger partial charge in [0.2, 0.25) is 0 Å². The Labute approximate surface area is 141 Å². The topological polar surface area (TPSA) is 88.5 Å². The van der Waals surface area contributed by atoms with Gasteiger partial charge in [0.15, 0.2) is 0 Å². The number of thioether (sulfide) groups is 1. The van der Waals surface area contributed by atoms with Gasteiger partial charge in [0.25, 0.3) is 5.91 Å². The van der Waals surface area contributed by atoms with Gasteiger partial charge in [-0.1, -0.05) is 12.1 Å². The molecule has 0 aliphatic rings.